The molecule has 0 fully saturated rings. The molecule has 7 nitrogen and oxygen atoms in total. The summed E-state index contributed by atoms with van der Waals surface area (Å²) in [6.45, 7) is -0.173. The quantitative estimate of drug-likeness (QED) is 0.838. The summed E-state index contributed by atoms with van der Waals surface area (Å²) in [6.07, 6.45) is 3.09. The molecule has 8 heteroatoms. The number of ether oxygens (including phenoxy) is 2. The number of nitrogens with zero attached hydrogens (tertiary/aromatic N) is 3. The Morgan fingerprint density at radius 1 is 1.41 bits per heavy atom. The largest absolute Gasteiger partial charge is 0.493 e. The number of halogens is 1. The minimum Gasteiger partial charge on any atom is -0.493 e. The third kappa shape index (κ3) is 3.13. The molecule has 0 amide bonds. The first-order chi connectivity index (χ1) is 10.6. The Balaban J connectivity index is 2.33. The Labute approximate surface area is 130 Å². The maximum atomic E-state index is 11.4. The maximum Gasteiger partial charge on any atom is 0.438 e. The van der Waals surface area contributed by atoms with Crippen molar-refractivity contribution in [2.75, 3.05) is 14.2 Å². The number of hydrogen-bond donors (Lipinski definition) is 0. The van der Waals surface area contributed by atoms with Crippen molar-refractivity contribution < 1.29 is 13.9 Å². The van der Waals surface area contributed by atoms with Gasteiger partial charge >= 0.3 is 5.76 Å². The van der Waals surface area contributed by atoms with E-state index in [0.29, 0.717) is 22.1 Å². The van der Waals surface area contributed by atoms with Crippen molar-refractivity contribution in [3.05, 3.63) is 39.2 Å². The molecule has 1 aromatic carbocycles. The molecule has 0 atom stereocenters. The molecule has 114 valence electrons. The SMILES string of the molecule is COc1ccc(C=Cc2nn(CC#N)c(=O)o2)c(Cl)c1OC. The summed E-state index contributed by atoms with van der Waals surface area (Å²) in [5, 5.41) is 12.8. The molecule has 0 bridgehead atoms. The van der Waals surface area contributed by atoms with Crippen LogP contribution in [0.25, 0.3) is 12.2 Å². The lowest BCUT2D eigenvalue weighted by Gasteiger charge is -2.10. The molecule has 0 unspecified atom stereocenters. The number of hydrogen-bond acceptors (Lipinski definition) is 6. The van der Waals surface area contributed by atoms with Gasteiger partial charge in [0.2, 0.25) is 5.89 Å². The number of aromatic nitrogens is 2. The van der Waals surface area contributed by atoms with Crippen LogP contribution in [0.4, 0.5) is 0 Å². The van der Waals surface area contributed by atoms with E-state index in [1.165, 1.54) is 20.3 Å². The van der Waals surface area contributed by atoms with E-state index in [0.717, 1.165) is 4.68 Å². The van der Waals surface area contributed by atoms with Gasteiger partial charge in [0, 0.05) is 6.08 Å². The fraction of sp³-hybridized carbons (Fsp3) is 0.214. The van der Waals surface area contributed by atoms with Crippen LogP contribution in [0, 0.1) is 11.3 Å². The molecule has 1 heterocycles. The van der Waals surface area contributed by atoms with Gasteiger partial charge in [-0.3, -0.25) is 0 Å². The molecule has 2 aromatic rings. The van der Waals surface area contributed by atoms with Crippen molar-refractivity contribution in [2.24, 2.45) is 0 Å². The van der Waals surface area contributed by atoms with Crippen molar-refractivity contribution in [2.45, 2.75) is 6.54 Å². The topological polar surface area (TPSA) is 90.3 Å². The van der Waals surface area contributed by atoms with Crippen LogP contribution in [0.1, 0.15) is 11.5 Å². The van der Waals surface area contributed by atoms with Gasteiger partial charge in [0.1, 0.15) is 6.54 Å². The molecule has 2 rings (SSSR count). The van der Waals surface area contributed by atoms with Crippen molar-refractivity contribution in [3.8, 4) is 17.6 Å². The van der Waals surface area contributed by atoms with Gasteiger partial charge in [0.05, 0.1) is 25.3 Å². The standard InChI is InChI=1S/C14H12ClN3O4/c1-20-10-5-3-9(12(15)13(10)21-2)4-6-11-17-18(8-7-16)14(19)22-11/h3-6H,8H2,1-2H3. The second-order valence-electron chi connectivity index (χ2n) is 4.06. The first kappa shape index (κ1) is 15.7. The number of methoxy groups -OCH3 is 2. The molecule has 0 radical (unpaired) electrons. The van der Waals surface area contributed by atoms with E-state index >= 15 is 0 Å². The molecular weight excluding hydrogens is 310 g/mol. The van der Waals surface area contributed by atoms with Gasteiger partial charge in [-0.25, -0.2) is 4.79 Å². The average Bonchev–Trinajstić information content (AvgIpc) is 2.86. The molecule has 0 saturated heterocycles. The van der Waals surface area contributed by atoms with Crippen molar-refractivity contribution >= 4 is 23.8 Å². The lowest BCUT2D eigenvalue weighted by atomic mass is 10.2. The molecule has 0 aliphatic carbocycles. The maximum absolute atomic E-state index is 11.4. The fourth-order valence-electron chi connectivity index (χ4n) is 1.75. The molecule has 0 N–H and O–H groups in total. The summed E-state index contributed by atoms with van der Waals surface area (Å²) in [7, 11) is 3.00. The molecule has 0 aliphatic rings. The molecule has 22 heavy (non-hydrogen) atoms. The molecular formula is C14H12ClN3O4. The van der Waals surface area contributed by atoms with Crippen molar-refractivity contribution in [1.29, 1.82) is 5.26 Å². The van der Waals surface area contributed by atoms with E-state index in [9.17, 15) is 4.79 Å². The van der Waals surface area contributed by atoms with E-state index < -0.39 is 5.76 Å². The lowest BCUT2D eigenvalue weighted by molar-refractivity contribution is 0.355. The first-order valence-electron chi connectivity index (χ1n) is 6.14. The van der Waals surface area contributed by atoms with Crippen LogP contribution < -0.4 is 15.2 Å². The highest BCUT2D eigenvalue weighted by molar-refractivity contribution is 6.33. The third-order valence-corrected chi connectivity index (χ3v) is 3.15. The van der Waals surface area contributed by atoms with Gasteiger partial charge < -0.3 is 13.9 Å². The van der Waals surface area contributed by atoms with Crippen LogP contribution in [-0.4, -0.2) is 24.0 Å². The highest BCUT2D eigenvalue weighted by Gasteiger charge is 2.12. The van der Waals surface area contributed by atoms with Gasteiger partial charge in [0.15, 0.2) is 11.5 Å². The molecule has 1 aromatic heterocycles. The summed E-state index contributed by atoms with van der Waals surface area (Å²) in [4.78, 5) is 11.4. The van der Waals surface area contributed by atoms with E-state index in [2.05, 4.69) is 5.10 Å². The van der Waals surface area contributed by atoms with E-state index in [-0.39, 0.29) is 12.4 Å². The van der Waals surface area contributed by atoms with Crippen LogP contribution >= 0.6 is 11.6 Å². The molecule has 0 spiro atoms. The number of benzene rings is 1. The third-order valence-electron chi connectivity index (χ3n) is 2.76. The monoisotopic (exact) mass is 321 g/mol. The number of rotatable bonds is 5. The highest BCUT2D eigenvalue weighted by atomic mass is 35.5. The van der Waals surface area contributed by atoms with Crippen LogP contribution in [0.3, 0.4) is 0 Å². The summed E-state index contributed by atoms with van der Waals surface area (Å²) in [6, 6.07) is 5.24. The molecule has 0 saturated carbocycles. The predicted octanol–water partition coefficient (Wildman–Crippen LogP) is 2.20. The van der Waals surface area contributed by atoms with Gasteiger partial charge in [0.25, 0.3) is 0 Å². The summed E-state index contributed by atoms with van der Waals surface area (Å²) in [5.41, 5.74) is 0.636. The second-order valence-corrected chi connectivity index (χ2v) is 4.44. The minimum atomic E-state index is -0.695. The Morgan fingerprint density at radius 3 is 2.82 bits per heavy atom. The Kier molecular flexibility index (Phi) is 4.86. The van der Waals surface area contributed by atoms with Crippen LogP contribution in [0.2, 0.25) is 5.02 Å². The normalized spacial score (nSPS) is 10.6. The van der Waals surface area contributed by atoms with E-state index in [4.69, 9.17) is 30.8 Å². The summed E-state index contributed by atoms with van der Waals surface area (Å²) >= 11 is 6.23. The Morgan fingerprint density at radius 2 is 2.18 bits per heavy atom. The zero-order chi connectivity index (χ0) is 16.1. The minimum absolute atomic E-state index is 0.0751. The zero-order valence-electron chi connectivity index (χ0n) is 11.9. The van der Waals surface area contributed by atoms with Crippen LogP contribution in [0.5, 0.6) is 11.5 Å². The molecule has 0 aliphatic heterocycles. The summed E-state index contributed by atoms with van der Waals surface area (Å²) < 4.78 is 16.2. The fourth-order valence-corrected chi connectivity index (χ4v) is 2.05. The zero-order valence-corrected chi connectivity index (χ0v) is 12.6. The first-order valence-corrected chi connectivity index (χ1v) is 6.52. The van der Waals surface area contributed by atoms with Gasteiger partial charge in [-0.05, 0) is 23.8 Å². The van der Waals surface area contributed by atoms with Crippen LogP contribution in [0.15, 0.2) is 21.3 Å². The number of nitriles is 1. The second kappa shape index (κ2) is 6.83. The van der Waals surface area contributed by atoms with Crippen molar-refractivity contribution in [1.82, 2.24) is 9.78 Å². The summed E-state index contributed by atoms with van der Waals surface area (Å²) in [5.74, 6) is 0.294. The Bertz CT molecular complexity index is 801. The average molecular weight is 322 g/mol. The highest BCUT2D eigenvalue weighted by Crippen LogP contribution is 2.37. The predicted molar refractivity (Wildman–Crippen MR) is 79.9 cm³/mol. The van der Waals surface area contributed by atoms with Gasteiger partial charge in [-0.15, -0.1) is 5.10 Å². The van der Waals surface area contributed by atoms with Crippen LogP contribution in [-0.2, 0) is 6.54 Å². The van der Waals surface area contributed by atoms with Gasteiger partial charge in [-0.1, -0.05) is 11.6 Å². The lowest BCUT2D eigenvalue weighted by Crippen LogP contribution is -2.14. The van der Waals surface area contributed by atoms with E-state index in [1.807, 2.05) is 6.07 Å². The van der Waals surface area contributed by atoms with Gasteiger partial charge in [-0.2, -0.15) is 9.94 Å². The van der Waals surface area contributed by atoms with E-state index in [1.54, 1.807) is 18.2 Å². The van der Waals surface area contributed by atoms with Crippen molar-refractivity contribution in [3.63, 3.8) is 0 Å². The Hall–Kier alpha value is -2.72. The smallest absolute Gasteiger partial charge is 0.438 e.